The van der Waals surface area contributed by atoms with Gasteiger partial charge in [0, 0.05) is 38.6 Å². The van der Waals surface area contributed by atoms with E-state index in [0.29, 0.717) is 4.88 Å². The van der Waals surface area contributed by atoms with Crippen molar-refractivity contribution in [3.8, 4) is 0 Å². The number of aromatic carboxylic acids is 1. The lowest BCUT2D eigenvalue weighted by Gasteiger charge is -2.35. The number of hydrogen-bond acceptors (Lipinski definition) is 6. The molecule has 7 heteroatoms. The van der Waals surface area contributed by atoms with E-state index >= 15 is 0 Å². The Morgan fingerprint density at radius 2 is 1.75 bits per heavy atom. The zero-order chi connectivity index (χ0) is 13.9. The van der Waals surface area contributed by atoms with Crippen molar-refractivity contribution >= 4 is 28.3 Å². The van der Waals surface area contributed by atoms with Gasteiger partial charge in [0.2, 0.25) is 5.95 Å². The molecule has 0 spiro atoms. The van der Waals surface area contributed by atoms with Crippen LogP contribution in [0.4, 0.5) is 10.9 Å². The highest BCUT2D eigenvalue weighted by atomic mass is 32.1. The standard InChI is InChI=1S/C13H14N4O2S/c18-12(19)10-2-3-11(20-10)16-6-8-17(9-7-16)13-14-4-1-5-15-13/h1-5H,6-9H2,(H,18,19). The first-order chi connectivity index (χ1) is 9.74. The molecule has 2 aromatic heterocycles. The molecule has 0 unspecified atom stereocenters. The summed E-state index contributed by atoms with van der Waals surface area (Å²) in [5.41, 5.74) is 0. The fraction of sp³-hybridized carbons (Fsp3) is 0.308. The van der Waals surface area contributed by atoms with Crippen molar-refractivity contribution in [2.45, 2.75) is 0 Å². The van der Waals surface area contributed by atoms with E-state index < -0.39 is 5.97 Å². The number of carbonyl (C=O) groups is 1. The molecule has 2 aromatic rings. The van der Waals surface area contributed by atoms with E-state index in [9.17, 15) is 4.79 Å². The minimum absolute atomic E-state index is 0.383. The number of rotatable bonds is 3. The fourth-order valence-electron chi connectivity index (χ4n) is 2.19. The van der Waals surface area contributed by atoms with Crippen LogP contribution in [-0.2, 0) is 0 Å². The zero-order valence-corrected chi connectivity index (χ0v) is 11.6. The molecule has 20 heavy (non-hydrogen) atoms. The lowest BCUT2D eigenvalue weighted by Crippen LogP contribution is -2.46. The smallest absolute Gasteiger partial charge is 0.345 e. The van der Waals surface area contributed by atoms with Crippen LogP contribution in [0.2, 0.25) is 0 Å². The SMILES string of the molecule is O=C(O)c1ccc(N2CCN(c3ncccn3)CC2)s1. The fourth-order valence-corrected chi connectivity index (χ4v) is 3.09. The minimum atomic E-state index is -0.863. The Bertz CT molecular complexity index is 593. The summed E-state index contributed by atoms with van der Waals surface area (Å²) in [7, 11) is 0. The average molecular weight is 290 g/mol. The summed E-state index contributed by atoms with van der Waals surface area (Å²) in [5, 5.41) is 9.96. The van der Waals surface area contributed by atoms with Gasteiger partial charge in [-0.05, 0) is 18.2 Å². The summed E-state index contributed by atoms with van der Waals surface area (Å²) < 4.78 is 0. The van der Waals surface area contributed by atoms with E-state index in [2.05, 4.69) is 19.8 Å². The van der Waals surface area contributed by atoms with E-state index in [1.54, 1.807) is 24.5 Å². The van der Waals surface area contributed by atoms with Crippen LogP contribution in [0.15, 0.2) is 30.6 Å². The van der Waals surface area contributed by atoms with Gasteiger partial charge in [-0.1, -0.05) is 0 Å². The summed E-state index contributed by atoms with van der Waals surface area (Å²) in [4.78, 5) is 24.1. The largest absolute Gasteiger partial charge is 0.477 e. The summed E-state index contributed by atoms with van der Waals surface area (Å²) in [6.07, 6.45) is 3.49. The molecule has 3 heterocycles. The number of thiophene rings is 1. The molecule has 104 valence electrons. The van der Waals surface area contributed by atoms with Gasteiger partial charge in [-0.3, -0.25) is 0 Å². The van der Waals surface area contributed by atoms with Crippen LogP contribution < -0.4 is 9.80 Å². The molecular formula is C13H14N4O2S. The van der Waals surface area contributed by atoms with E-state index in [1.807, 2.05) is 6.07 Å². The van der Waals surface area contributed by atoms with E-state index in [4.69, 9.17) is 5.11 Å². The van der Waals surface area contributed by atoms with Gasteiger partial charge in [-0.25, -0.2) is 14.8 Å². The first-order valence-electron chi connectivity index (χ1n) is 6.34. The predicted octanol–water partition coefficient (Wildman–Crippen LogP) is 1.56. The second-order valence-electron chi connectivity index (χ2n) is 4.47. The second-order valence-corrected chi connectivity index (χ2v) is 5.53. The number of anilines is 2. The number of carboxylic acids is 1. The number of hydrogen-bond donors (Lipinski definition) is 1. The first-order valence-corrected chi connectivity index (χ1v) is 7.16. The van der Waals surface area contributed by atoms with Gasteiger partial charge in [0.25, 0.3) is 0 Å². The van der Waals surface area contributed by atoms with Crippen LogP contribution in [0.1, 0.15) is 9.67 Å². The highest BCUT2D eigenvalue weighted by molar-refractivity contribution is 7.17. The first kappa shape index (κ1) is 12.9. The summed E-state index contributed by atoms with van der Waals surface area (Å²) in [6, 6.07) is 5.34. The van der Waals surface area contributed by atoms with Gasteiger partial charge in [0.1, 0.15) is 4.88 Å². The molecule has 1 saturated heterocycles. The van der Waals surface area contributed by atoms with Gasteiger partial charge >= 0.3 is 5.97 Å². The Labute approximate surface area is 120 Å². The Hall–Kier alpha value is -2.15. The van der Waals surface area contributed by atoms with Crippen molar-refractivity contribution in [1.29, 1.82) is 0 Å². The molecule has 1 aliphatic rings. The summed E-state index contributed by atoms with van der Waals surface area (Å²) in [5.74, 6) is -0.109. The van der Waals surface area contributed by atoms with E-state index in [0.717, 1.165) is 37.1 Å². The maximum Gasteiger partial charge on any atom is 0.345 e. The monoisotopic (exact) mass is 290 g/mol. The highest BCUT2D eigenvalue weighted by Crippen LogP contribution is 2.27. The lowest BCUT2D eigenvalue weighted by atomic mass is 10.3. The molecule has 0 atom stereocenters. The Balaban J connectivity index is 1.65. The quantitative estimate of drug-likeness (QED) is 0.925. The lowest BCUT2D eigenvalue weighted by molar-refractivity contribution is 0.0702. The highest BCUT2D eigenvalue weighted by Gasteiger charge is 2.20. The van der Waals surface area contributed by atoms with Crippen LogP contribution in [-0.4, -0.2) is 47.2 Å². The molecule has 1 N–H and O–H groups in total. The summed E-state index contributed by atoms with van der Waals surface area (Å²) in [6.45, 7) is 3.37. The van der Waals surface area contributed by atoms with Crippen molar-refractivity contribution < 1.29 is 9.90 Å². The molecule has 0 bridgehead atoms. The Kier molecular flexibility index (Phi) is 3.51. The van der Waals surface area contributed by atoms with Gasteiger partial charge < -0.3 is 14.9 Å². The second kappa shape index (κ2) is 5.46. The maximum absolute atomic E-state index is 10.9. The minimum Gasteiger partial charge on any atom is -0.477 e. The van der Waals surface area contributed by atoms with Crippen molar-refractivity contribution in [2.24, 2.45) is 0 Å². The molecule has 1 aliphatic heterocycles. The maximum atomic E-state index is 10.9. The van der Waals surface area contributed by atoms with Crippen LogP contribution in [0.3, 0.4) is 0 Å². The zero-order valence-electron chi connectivity index (χ0n) is 10.8. The molecule has 1 fully saturated rings. The normalized spacial score (nSPS) is 15.4. The summed E-state index contributed by atoms with van der Waals surface area (Å²) >= 11 is 1.32. The molecule has 6 nitrogen and oxygen atoms in total. The molecule has 3 rings (SSSR count). The third-order valence-corrected chi connectivity index (χ3v) is 4.36. The average Bonchev–Trinajstić information content (AvgIpc) is 2.98. The van der Waals surface area contributed by atoms with Crippen molar-refractivity contribution in [3.63, 3.8) is 0 Å². The molecule has 0 radical (unpaired) electrons. The molecule has 0 saturated carbocycles. The molecule has 0 aromatic carbocycles. The van der Waals surface area contributed by atoms with Crippen LogP contribution in [0.25, 0.3) is 0 Å². The Morgan fingerprint density at radius 3 is 2.35 bits per heavy atom. The molecular weight excluding hydrogens is 276 g/mol. The van der Waals surface area contributed by atoms with Gasteiger partial charge in [-0.15, -0.1) is 11.3 Å². The van der Waals surface area contributed by atoms with Crippen LogP contribution in [0, 0.1) is 0 Å². The van der Waals surface area contributed by atoms with Gasteiger partial charge in [0.05, 0.1) is 5.00 Å². The third-order valence-electron chi connectivity index (χ3n) is 3.23. The van der Waals surface area contributed by atoms with E-state index in [1.165, 1.54) is 11.3 Å². The van der Waals surface area contributed by atoms with Crippen molar-refractivity contribution in [2.75, 3.05) is 36.0 Å². The number of nitrogens with zero attached hydrogens (tertiary/aromatic N) is 4. The molecule has 0 amide bonds. The number of carboxylic acid groups (broad SMARTS) is 1. The van der Waals surface area contributed by atoms with E-state index in [-0.39, 0.29) is 0 Å². The van der Waals surface area contributed by atoms with Crippen molar-refractivity contribution in [1.82, 2.24) is 9.97 Å². The topological polar surface area (TPSA) is 69.6 Å². The third kappa shape index (κ3) is 2.57. The van der Waals surface area contributed by atoms with Gasteiger partial charge in [0.15, 0.2) is 0 Å². The number of aromatic nitrogens is 2. The van der Waals surface area contributed by atoms with Gasteiger partial charge in [-0.2, -0.15) is 0 Å². The molecule has 0 aliphatic carbocycles. The predicted molar refractivity (Wildman–Crippen MR) is 77.7 cm³/mol. The van der Waals surface area contributed by atoms with Crippen LogP contribution in [0.5, 0.6) is 0 Å². The van der Waals surface area contributed by atoms with Crippen LogP contribution >= 0.6 is 11.3 Å². The number of piperazine rings is 1. The van der Waals surface area contributed by atoms with Crippen molar-refractivity contribution in [3.05, 3.63) is 35.5 Å². The Morgan fingerprint density at radius 1 is 1.10 bits per heavy atom.